The van der Waals surface area contributed by atoms with Gasteiger partial charge in [-0.2, -0.15) is 0 Å². The number of esters is 1. The van der Waals surface area contributed by atoms with E-state index in [1.165, 1.54) is 6.42 Å². The number of ether oxygens (including phenoxy) is 1. The van der Waals surface area contributed by atoms with Crippen LogP contribution in [0.2, 0.25) is 0 Å². The fraction of sp³-hybridized carbons (Fsp3) is 0.550. The molecule has 0 bridgehead atoms. The summed E-state index contributed by atoms with van der Waals surface area (Å²) in [5.41, 5.74) is 0.893. The molecule has 1 N–H and O–H groups in total. The number of nitrogens with zero attached hydrogens (tertiary/aromatic N) is 1. The van der Waals surface area contributed by atoms with Crippen molar-refractivity contribution in [3.05, 3.63) is 35.9 Å². The molecule has 26 heavy (non-hydrogen) atoms. The molecule has 6 nitrogen and oxygen atoms in total. The van der Waals surface area contributed by atoms with Crippen molar-refractivity contribution in [2.45, 2.75) is 51.2 Å². The number of nitrogens with one attached hydrogen (secondary N) is 1. The number of hydrogen-bond donors (Lipinski definition) is 1. The van der Waals surface area contributed by atoms with Gasteiger partial charge >= 0.3 is 5.97 Å². The number of hydrogen-bond acceptors (Lipinski definition) is 4. The minimum Gasteiger partial charge on any atom is -0.461 e. The smallest absolute Gasteiger partial charge is 0.308 e. The summed E-state index contributed by atoms with van der Waals surface area (Å²) >= 11 is 0. The Labute approximate surface area is 153 Å². The zero-order chi connectivity index (χ0) is 18.4. The summed E-state index contributed by atoms with van der Waals surface area (Å²) in [5, 5.41) is 2.76. The first-order valence-corrected chi connectivity index (χ1v) is 9.43. The van der Waals surface area contributed by atoms with E-state index in [0.717, 1.165) is 31.2 Å². The first-order valence-electron chi connectivity index (χ1n) is 9.43. The van der Waals surface area contributed by atoms with Gasteiger partial charge in [-0.05, 0) is 18.4 Å². The third-order valence-electron chi connectivity index (χ3n) is 5.17. The molecule has 1 aromatic carbocycles. The Kier molecular flexibility index (Phi) is 6.26. The second-order valence-electron chi connectivity index (χ2n) is 7.02. The van der Waals surface area contributed by atoms with Crippen molar-refractivity contribution >= 4 is 17.8 Å². The van der Waals surface area contributed by atoms with Crippen LogP contribution in [0.5, 0.6) is 0 Å². The number of rotatable bonds is 5. The van der Waals surface area contributed by atoms with Gasteiger partial charge in [-0.25, -0.2) is 0 Å². The summed E-state index contributed by atoms with van der Waals surface area (Å²) in [5.74, 6) is -0.729. The van der Waals surface area contributed by atoms with Crippen LogP contribution in [0.15, 0.2) is 30.3 Å². The molecule has 0 radical (unpaired) electrons. The van der Waals surface area contributed by atoms with Crippen LogP contribution in [0, 0.1) is 5.92 Å². The number of amides is 2. The zero-order valence-electron chi connectivity index (χ0n) is 15.0. The van der Waals surface area contributed by atoms with Gasteiger partial charge < -0.3 is 15.0 Å². The van der Waals surface area contributed by atoms with Crippen LogP contribution in [-0.4, -0.2) is 41.8 Å². The predicted molar refractivity (Wildman–Crippen MR) is 95.9 cm³/mol. The minimum absolute atomic E-state index is 0.0143. The van der Waals surface area contributed by atoms with Gasteiger partial charge in [0, 0.05) is 19.0 Å². The molecule has 140 valence electrons. The van der Waals surface area contributed by atoms with Crippen LogP contribution in [0.4, 0.5) is 0 Å². The molecule has 1 aromatic rings. The molecule has 2 aliphatic rings. The van der Waals surface area contributed by atoms with Crippen LogP contribution in [0.3, 0.4) is 0 Å². The van der Waals surface area contributed by atoms with E-state index in [1.807, 2.05) is 30.3 Å². The van der Waals surface area contributed by atoms with E-state index < -0.39 is 12.0 Å². The lowest BCUT2D eigenvalue weighted by Crippen LogP contribution is -2.59. The summed E-state index contributed by atoms with van der Waals surface area (Å²) in [4.78, 5) is 39.0. The molecule has 1 heterocycles. The van der Waals surface area contributed by atoms with Crippen molar-refractivity contribution < 1.29 is 19.1 Å². The van der Waals surface area contributed by atoms with E-state index in [2.05, 4.69) is 5.32 Å². The van der Waals surface area contributed by atoms with Crippen molar-refractivity contribution in [2.24, 2.45) is 5.92 Å². The van der Waals surface area contributed by atoms with Crippen LogP contribution in [0.1, 0.15) is 44.1 Å². The van der Waals surface area contributed by atoms with Gasteiger partial charge in [0.25, 0.3) is 0 Å². The number of piperazine rings is 1. The van der Waals surface area contributed by atoms with Gasteiger partial charge in [-0.15, -0.1) is 0 Å². The molecule has 0 spiro atoms. The SMILES string of the molecule is O=C(C[C@H]1C(=O)NCCN1C(=O)C1CCCCC1)OCc1ccccc1. The maximum atomic E-state index is 12.9. The number of carbonyl (C=O) groups is 3. The second-order valence-corrected chi connectivity index (χ2v) is 7.02. The van der Waals surface area contributed by atoms with E-state index >= 15 is 0 Å². The standard InChI is InChI=1S/C20H26N2O4/c23-18(26-14-15-7-3-1-4-8-15)13-17-19(24)21-11-12-22(17)20(25)16-9-5-2-6-10-16/h1,3-4,7-8,16-17H,2,5-6,9-14H2,(H,21,24)/t17-/m0/s1. The molecule has 1 aliphatic heterocycles. The molecule has 1 atom stereocenters. The Morgan fingerprint density at radius 1 is 1.12 bits per heavy atom. The van der Waals surface area contributed by atoms with Crippen LogP contribution >= 0.6 is 0 Å². The summed E-state index contributed by atoms with van der Waals surface area (Å²) in [6, 6.07) is 8.64. The molecule has 3 rings (SSSR count). The predicted octanol–water partition coefficient (Wildman–Crippen LogP) is 2.03. The van der Waals surface area contributed by atoms with E-state index in [1.54, 1.807) is 4.90 Å². The van der Waals surface area contributed by atoms with Crippen LogP contribution < -0.4 is 5.32 Å². The van der Waals surface area contributed by atoms with E-state index in [9.17, 15) is 14.4 Å². The fourth-order valence-corrected chi connectivity index (χ4v) is 3.72. The average molecular weight is 358 g/mol. The molecule has 2 amide bonds. The third-order valence-corrected chi connectivity index (χ3v) is 5.17. The van der Waals surface area contributed by atoms with Gasteiger partial charge in [-0.3, -0.25) is 14.4 Å². The Balaban J connectivity index is 1.59. The maximum absolute atomic E-state index is 12.9. The van der Waals surface area contributed by atoms with Gasteiger partial charge in [0.1, 0.15) is 12.6 Å². The molecule has 6 heteroatoms. The monoisotopic (exact) mass is 358 g/mol. The van der Waals surface area contributed by atoms with Gasteiger partial charge in [0.2, 0.25) is 11.8 Å². The number of carbonyl (C=O) groups excluding carboxylic acids is 3. The Morgan fingerprint density at radius 3 is 2.58 bits per heavy atom. The third kappa shape index (κ3) is 4.62. The van der Waals surface area contributed by atoms with Crippen molar-refractivity contribution in [3.63, 3.8) is 0 Å². The molecule has 0 unspecified atom stereocenters. The average Bonchev–Trinajstić information content (AvgIpc) is 2.69. The first kappa shape index (κ1) is 18.4. The highest BCUT2D eigenvalue weighted by atomic mass is 16.5. The summed E-state index contributed by atoms with van der Waals surface area (Å²) in [6.07, 6.45) is 4.93. The highest BCUT2D eigenvalue weighted by molar-refractivity contribution is 5.92. The normalized spacial score (nSPS) is 21.2. The van der Waals surface area contributed by atoms with E-state index in [-0.39, 0.29) is 30.8 Å². The van der Waals surface area contributed by atoms with Crippen LogP contribution in [-0.2, 0) is 25.7 Å². The second kappa shape index (κ2) is 8.83. The first-order chi connectivity index (χ1) is 12.6. The molecular formula is C20H26N2O4. The molecular weight excluding hydrogens is 332 g/mol. The van der Waals surface area contributed by atoms with Crippen LogP contribution in [0.25, 0.3) is 0 Å². The summed E-state index contributed by atoms with van der Waals surface area (Å²) < 4.78 is 5.30. The highest BCUT2D eigenvalue weighted by Crippen LogP contribution is 2.27. The van der Waals surface area contributed by atoms with Crippen molar-refractivity contribution in [3.8, 4) is 0 Å². The Morgan fingerprint density at radius 2 is 1.85 bits per heavy atom. The van der Waals surface area contributed by atoms with Gasteiger partial charge in [0.15, 0.2) is 0 Å². The van der Waals surface area contributed by atoms with Crippen molar-refractivity contribution in [1.82, 2.24) is 10.2 Å². The summed E-state index contributed by atoms with van der Waals surface area (Å²) in [7, 11) is 0. The molecule has 0 aromatic heterocycles. The Hall–Kier alpha value is -2.37. The molecule has 1 saturated heterocycles. The quantitative estimate of drug-likeness (QED) is 0.817. The fourth-order valence-electron chi connectivity index (χ4n) is 3.72. The lowest BCUT2D eigenvalue weighted by molar-refractivity contribution is -0.154. The minimum atomic E-state index is -0.763. The zero-order valence-corrected chi connectivity index (χ0v) is 15.0. The molecule has 2 fully saturated rings. The number of benzene rings is 1. The van der Waals surface area contributed by atoms with Gasteiger partial charge in [0.05, 0.1) is 6.42 Å². The molecule has 1 aliphatic carbocycles. The maximum Gasteiger partial charge on any atom is 0.308 e. The Bertz CT molecular complexity index is 640. The van der Waals surface area contributed by atoms with E-state index in [4.69, 9.17) is 4.74 Å². The lowest BCUT2D eigenvalue weighted by atomic mass is 9.87. The van der Waals surface area contributed by atoms with Crippen molar-refractivity contribution in [2.75, 3.05) is 13.1 Å². The molecule has 1 saturated carbocycles. The lowest BCUT2D eigenvalue weighted by Gasteiger charge is -2.37. The highest BCUT2D eigenvalue weighted by Gasteiger charge is 2.37. The van der Waals surface area contributed by atoms with Crippen molar-refractivity contribution in [1.29, 1.82) is 0 Å². The van der Waals surface area contributed by atoms with Gasteiger partial charge in [-0.1, -0.05) is 49.6 Å². The summed E-state index contributed by atoms with van der Waals surface area (Å²) in [6.45, 7) is 1.06. The van der Waals surface area contributed by atoms with E-state index in [0.29, 0.717) is 13.1 Å². The topological polar surface area (TPSA) is 75.7 Å². The largest absolute Gasteiger partial charge is 0.461 e.